The maximum Gasteiger partial charge on any atom is 0.331 e. The molecular formula is C16H26O4. The van der Waals surface area contributed by atoms with Crippen molar-refractivity contribution in [1.82, 2.24) is 0 Å². The van der Waals surface area contributed by atoms with Crippen LogP contribution >= 0.6 is 0 Å². The van der Waals surface area contributed by atoms with Crippen molar-refractivity contribution < 1.29 is 19.4 Å². The molecule has 3 rings (SSSR count). The lowest BCUT2D eigenvalue weighted by atomic mass is 9.65. The van der Waals surface area contributed by atoms with Crippen molar-refractivity contribution in [2.24, 2.45) is 17.3 Å². The number of hydrogen-bond donors (Lipinski definition) is 1. The zero-order chi connectivity index (χ0) is 14.4. The second-order valence-electron chi connectivity index (χ2n) is 7.09. The smallest absolute Gasteiger partial charge is 0.331 e. The summed E-state index contributed by atoms with van der Waals surface area (Å²) in [6, 6.07) is 0. The second kappa shape index (κ2) is 4.99. The fourth-order valence-corrected chi connectivity index (χ4v) is 5.68. The van der Waals surface area contributed by atoms with Gasteiger partial charge >= 0.3 is 5.97 Å². The highest BCUT2D eigenvalue weighted by Gasteiger charge is 2.69. The summed E-state index contributed by atoms with van der Waals surface area (Å²) in [5.74, 6) is 1.02. The van der Waals surface area contributed by atoms with Crippen LogP contribution in [-0.4, -0.2) is 36.5 Å². The van der Waals surface area contributed by atoms with E-state index in [9.17, 15) is 9.90 Å². The lowest BCUT2D eigenvalue weighted by Crippen LogP contribution is -2.51. The van der Waals surface area contributed by atoms with Gasteiger partial charge in [0, 0.05) is 5.41 Å². The van der Waals surface area contributed by atoms with Crippen LogP contribution in [0.25, 0.3) is 0 Å². The monoisotopic (exact) mass is 282 g/mol. The van der Waals surface area contributed by atoms with Gasteiger partial charge in [0.15, 0.2) is 0 Å². The van der Waals surface area contributed by atoms with Gasteiger partial charge in [-0.2, -0.15) is 0 Å². The number of hydrogen-bond acceptors (Lipinski definition) is 4. The van der Waals surface area contributed by atoms with Crippen LogP contribution in [0.1, 0.15) is 51.9 Å². The molecule has 3 saturated carbocycles. The molecule has 114 valence electrons. The molecule has 1 N–H and O–H groups in total. The highest BCUT2D eigenvalue weighted by atomic mass is 16.6. The number of carbonyl (C=O) groups is 1. The quantitative estimate of drug-likeness (QED) is 0.786. The maximum atomic E-state index is 11.5. The van der Waals surface area contributed by atoms with E-state index in [1.54, 1.807) is 0 Å². The summed E-state index contributed by atoms with van der Waals surface area (Å²) in [6.45, 7) is 1.93. The predicted molar refractivity (Wildman–Crippen MR) is 74.1 cm³/mol. The van der Waals surface area contributed by atoms with Crippen LogP contribution in [0.2, 0.25) is 0 Å². The molecule has 0 saturated heterocycles. The average molecular weight is 282 g/mol. The number of esters is 1. The molecule has 4 heteroatoms. The topological polar surface area (TPSA) is 55.8 Å². The molecule has 3 aliphatic rings. The first-order valence-electron chi connectivity index (χ1n) is 7.92. The summed E-state index contributed by atoms with van der Waals surface area (Å²) in [5, 5.41) is 9.94. The van der Waals surface area contributed by atoms with Crippen LogP contribution in [0.3, 0.4) is 0 Å². The minimum atomic E-state index is -0.299. The number of fused-ring (bicyclic) bond motifs is 5. The van der Waals surface area contributed by atoms with Crippen molar-refractivity contribution >= 4 is 5.97 Å². The molecule has 2 bridgehead atoms. The van der Waals surface area contributed by atoms with Gasteiger partial charge in [-0.25, -0.2) is 4.79 Å². The Hall–Kier alpha value is -0.610. The molecule has 5 unspecified atom stereocenters. The van der Waals surface area contributed by atoms with Gasteiger partial charge in [-0.3, -0.25) is 0 Å². The first-order chi connectivity index (χ1) is 9.53. The predicted octanol–water partition coefficient (Wildman–Crippen LogP) is 2.29. The van der Waals surface area contributed by atoms with Gasteiger partial charge in [0.1, 0.15) is 6.61 Å². The van der Waals surface area contributed by atoms with Crippen molar-refractivity contribution in [3.8, 4) is 0 Å². The lowest BCUT2D eigenvalue weighted by Gasteiger charge is -2.48. The second-order valence-corrected chi connectivity index (χ2v) is 7.09. The first-order valence-corrected chi connectivity index (χ1v) is 7.92. The van der Waals surface area contributed by atoms with Gasteiger partial charge in [0.05, 0.1) is 18.8 Å². The van der Waals surface area contributed by atoms with E-state index in [-0.39, 0.29) is 29.7 Å². The fourth-order valence-electron chi connectivity index (χ4n) is 5.68. The van der Waals surface area contributed by atoms with E-state index in [1.807, 2.05) is 6.92 Å². The minimum Gasteiger partial charge on any atom is -0.467 e. The normalized spacial score (nSPS) is 43.5. The molecule has 0 aromatic rings. The van der Waals surface area contributed by atoms with E-state index >= 15 is 0 Å². The Labute approximate surface area is 120 Å². The summed E-state index contributed by atoms with van der Waals surface area (Å²) >= 11 is 0. The maximum absolute atomic E-state index is 11.5. The van der Waals surface area contributed by atoms with E-state index in [1.165, 1.54) is 32.8 Å². The average Bonchev–Trinajstić information content (AvgIpc) is 3.05. The number of aliphatic hydroxyl groups is 1. The number of methoxy groups -OCH3 is 1. The largest absolute Gasteiger partial charge is 0.467 e. The third-order valence-corrected chi connectivity index (χ3v) is 6.14. The molecule has 0 aromatic carbocycles. The van der Waals surface area contributed by atoms with Gasteiger partial charge in [-0.1, -0.05) is 6.42 Å². The lowest BCUT2D eigenvalue weighted by molar-refractivity contribution is -0.177. The van der Waals surface area contributed by atoms with Gasteiger partial charge in [-0.05, 0) is 57.3 Å². The number of aliphatic hydroxyl groups excluding tert-OH is 1. The van der Waals surface area contributed by atoms with Crippen LogP contribution in [0.5, 0.6) is 0 Å². The van der Waals surface area contributed by atoms with Gasteiger partial charge < -0.3 is 14.6 Å². The Bertz CT molecular complexity index is 394. The summed E-state index contributed by atoms with van der Waals surface area (Å²) in [5.41, 5.74) is -0.0951. The summed E-state index contributed by atoms with van der Waals surface area (Å²) < 4.78 is 11.0. The molecule has 3 fully saturated rings. The highest BCUT2D eigenvalue weighted by Crippen LogP contribution is 2.70. The van der Waals surface area contributed by atoms with Crippen LogP contribution in [0.15, 0.2) is 0 Å². The number of carbonyl (C=O) groups excluding carboxylic acids is 1. The van der Waals surface area contributed by atoms with Crippen LogP contribution < -0.4 is 0 Å². The van der Waals surface area contributed by atoms with Crippen molar-refractivity contribution in [2.75, 3.05) is 13.7 Å². The van der Waals surface area contributed by atoms with Crippen LogP contribution in [0.4, 0.5) is 0 Å². The molecule has 4 nitrogen and oxygen atoms in total. The first kappa shape index (κ1) is 14.3. The zero-order valence-electron chi connectivity index (χ0n) is 12.6. The van der Waals surface area contributed by atoms with Gasteiger partial charge in [0.25, 0.3) is 0 Å². The van der Waals surface area contributed by atoms with E-state index in [0.29, 0.717) is 5.92 Å². The van der Waals surface area contributed by atoms with Crippen LogP contribution in [0, 0.1) is 17.3 Å². The fraction of sp³-hybridized carbons (Fsp3) is 0.938. The highest BCUT2D eigenvalue weighted by molar-refractivity contribution is 5.70. The Morgan fingerprint density at radius 1 is 1.40 bits per heavy atom. The van der Waals surface area contributed by atoms with E-state index < -0.39 is 0 Å². The molecule has 0 spiro atoms. The Morgan fingerprint density at radius 3 is 2.90 bits per heavy atom. The molecular weight excluding hydrogens is 256 g/mol. The molecule has 0 radical (unpaired) electrons. The van der Waals surface area contributed by atoms with E-state index in [4.69, 9.17) is 9.47 Å². The Kier molecular flexibility index (Phi) is 3.57. The molecule has 20 heavy (non-hydrogen) atoms. The van der Waals surface area contributed by atoms with Crippen molar-refractivity contribution in [2.45, 2.75) is 63.6 Å². The van der Waals surface area contributed by atoms with Gasteiger partial charge in [-0.15, -0.1) is 0 Å². The molecule has 3 aliphatic carbocycles. The zero-order valence-corrected chi connectivity index (χ0v) is 12.6. The SMILES string of the molecule is COC(=O)COC12CCCC1C1CCC2(CC(C)O)C1. The molecule has 0 aliphatic heterocycles. The summed E-state index contributed by atoms with van der Waals surface area (Å²) in [6.07, 6.45) is 7.52. The molecule has 0 aromatic heterocycles. The van der Waals surface area contributed by atoms with E-state index in [2.05, 4.69) is 0 Å². The van der Waals surface area contributed by atoms with Gasteiger partial charge in [0.2, 0.25) is 0 Å². The summed E-state index contributed by atoms with van der Waals surface area (Å²) in [4.78, 5) is 11.5. The van der Waals surface area contributed by atoms with Crippen LogP contribution in [-0.2, 0) is 14.3 Å². The molecule has 5 atom stereocenters. The summed E-state index contributed by atoms with van der Waals surface area (Å²) in [7, 11) is 1.40. The van der Waals surface area contributed by atoms with Crippen molar-refractivity contribution in [3.05, 3.63) is 0 Å². The molecule has 0 amide bonds. The number of ether oxygens (including phenoxy) is 2. The standard InChI is InChI=1S/C16H26O4/c1-11(17)8-15-7-5-12(9-15)13-4-3-6-16(13,15)20-10-14(18)19-2/h11-13,17H,3-10H2,1-2H3. The van der Waals surface area contributed by atoms with Crippen molar-refractivity contribution in [3.63, 3.8) is 0 Å². The Balaban J connectivity index is 1.85. The Morgan fingerprint density at radius 2 is 2.20 bits per heavy atom. The number of rotatable bonds is 5. The minimum absolute atomic E-state index is 0.0568. The van der Waals surface area contributed by atoms with Crippen molar-refractivity contribution in [1.29, 1.82) is 0 Å². The third-order valence-electron chi connectivity index (χ3n) is 6.14. The van der Waals surface area contributed by atoms with E-state index in [0.717, 1.165) is 25.2 Å². The third kappa shape index (κ3) is 1.92. The molecule has 0 heterocycles.